The van der Waals surface area contributed by atoms with E-state index in [0.717, 1.165) is 33.6 Å². The smallest absolute Gasteiger partial charge is 0.256 e. The average molecular weight is 450 g/mol. The third-order valence-corrected chi connectivity index (χ3v) is 5.78. The van der Waals surface area contributed by atoms with E-state index >= 15 is 0 Å². The van der Waals surface area contributed by atoms with Crippen molar-refractivity contribution < 1.29 is 9.53 Å². The zero-order chi connectivity index (χ0) is 18.0. The Morgan fingerprint density at radius 1 is 1.12 bits per heavy atom. The zero-order valence-corrected chi connectivity index (χ0v) is 16.9. The van der Waals surface area contributed by atoms with Gasteiger partial charge in [-0.3, -0.25) is 4.79 Å². The second kappa shape index (κ2) is 7.74. The lowest BCUT2D eigenvalue weighted by molar-refractivity contribution is -0.00521. The Hall–Kier alpha value is -1.60. The molecule has 132 valence electrons. The van der Waals surface area contributed by atoms with Crippen LogP contribution in [0.2, 0.25) is 0 Å². The molecule has 2 unspecified atom stereocenters. The molecule has 1 amide bonds. The van der Waals surface area contributed by atoms with Gasteiger partial charge in [-0.2, -0.15) is 0 Å². The van der Waals surface area contributed by atoms with Crippen molar-refractivity contribution in [1.29, 1.82) is 0 Å². The topological polar surface area (TPSA) is 41.6 Å². The second-order valence-electron chi connectivity index (χ2n) is 6.60. The van der Waals surface area contributed by atoms with Crippen molar-refractivity contribution in [3.05, 3.63) is 57.2 Å². The van der Waals surface area contributed by atoms with Crippen LogP contribution in [0.15, 0.2) is 42.5 Å². The first kappa shape index (κ1) is 18.2. The van der Waals surface area contributed by atoms with Crippen molar-refractivity contribution in [2.45, 2.75) is 33.0 Å². The number of amides is 1. The first-order valence-electron chi connectivity index (χ1n) is 8.51. The number of carbonyl (C=O) groups is 1. The monoisotopic (exact) mass is 450 g/mol. The highest BCUT2D eigenvalue weighted by atomic mass is 127. The van der Waals surface area contributed by atoms with Crippen LogP contribution in [0, 0.1) is 10.5 Å². The maximum absolute atomic E-state index is 12.5. The fourth-order valence-corrected chi connectivity index (χ4v) is 3.77. The minimum absolute atomic E-state index is 0.0746. The molecule has 2 aromatic carbocycles. The predicted molar refractivity (Wildman–Crippen MR) is 111 cm³/mol. The lowest BCUT2D eigenvalue weighted by Crippen LogP contribution is -2.45. The summed E-state index contributed by atoms with van der Waals surface area (Å²) >= 11 is 2.22. The number of anilines is 2. The molecule has 1 aliphatic rings. The number of hydrogen-bond donors (Lipinski definition) is 1. The molecule has 2 atom stereocenters. The summed E-state index contributed by atoms with van der Waals surface area (Å²) in [7, 11) is 0. The Bertz CT molecular complexity index is 751. The third kappa shape index (κ3) is 4.33. The van der Waals surface area contributed by atoms with Crippen molar-refractivity contribution in [3.63, 3.8) is 0 Å². The van der Waals surface area contributed by atoms with E-state index < -0.39 is 0 Å². The van der Waals surface area contributed by atoms with Gasteiger partial charge in [0.15, 0.2) is 0 Å². The van der Waals surface area contributed by atoms with Crippen LogP contribution in [-0.4, -0.2) is 31.2 Å². The summed E-state index contributed by atoms with van der Waals surface area (Å²) in [5, 5.41) is 2.99. The van der Waals surface area contributed by atoms with Crippen LogP contribution in [0.25, 0.3) is 0 Å². The number of carbonyl (C=O) groups excluding carboxylic acids is 1. The summed E-state index contributed by atoms with van der Waals surface area (Å²) in [4.78, 5) is 14.8. The quantitative estimate of drug-likeness (QED) is 0.702. The molecule has 5 heteroatoms. The molecule has 0 spiro atoms. The van der Waals surface area contributed by atoms with Crippen molar-refractivity contribution in [3.8, 4) is 0 Å². The normalized spacial score (nSPS) is 20.4. The Morgan fingerprint density at radius 3 is 2.40 bits per heavy atom. The number of morpholine rings is 1. The molecule has 1 fully saturated rings. The summed E-state index contributed by atoms with van der Waals surface area (Å²) in [6.07, 6.45) is 0.457. The summed E-state index contributed by atoms with van der Waals surface area (Å²) in [6, 6.07) is 13.8. The van der Waals surface area contributed by atoms with Gasteiger partial charge >= 0.3 is 0 Å². The minimum Gasteiger partial charge on any atom is -0.372 e. The Morgan fingerprint density at radius 2 is 1.76 bits per heavy atom. The highest BCUT2D eigenvalue weighted by Gasteiger charge is 2.22. The van der Waals surface area contributed by atoms with Crippen LogP contribution in [-0.2, 0) is 4.74 Å². The molecule has 3 rings (SSSR count). The fraction of sp³-hybridized carbons (Fsp3) is 0.350. The van der Waals surface area contributed by atoms with Crippen LogP contribution < -0.4 is 10.2 Å². The van der Waals surface area contributed by atoms with E-state index in [1.54, 1.807) is 0 Å². The van der Waals surface area contributed by atoms with Crippen LogP contribution in [0.5, 0.6) is 0 Å². The molecule has 2 aromatic rings. The summed E-state index contributed by atoms with van der Waals surface area (Å²) in [5.41, 5.74) is 3.78. The lowest BCUT2D eigenvalue weighted by Gasteiger charge is -2.36. The van der Waals surface area contributed by atoms with Gasteiger partial charge in [-0.25, -0.2) is 0 Å². The SMILES string of the molecule is Cc1cccc(C(=O)Nc2ccc(N3CC(C)OC(C)C3)cc2)c1I. The lowest BCUT2D eigenvalue weighted by atomic mass is 10.1. The van der Waals surface area contributed by atoms with Crippen LogP contribution >= 0.6 is 22.6 Å². The van der Waals surface area contributed by atoms with Crippen LogP contribution in [0.4, 0.5) is 11.4 Å². The number of nitrogens with zero attached hydrogens (tertiary/aromatic N) is 1. The molecule has 0 saturated carbocycles. The molecule has 0 radical (unpaired) electrons. The van der Waals surface area contributed by atoms with Crippen LogP contribution in [0.1, 0.15) is 29.8 Å². The maximum atomic E-state index is 12.5. The minimum atomic E-state index is -0.0746. The molecule has 1 N–H and O–H groups in total. The van der Waals surface area contributed by atoms with E-state index in [-0.39, 0.29) is 18.1 Å². The van der Waals surface area contributed by atoms with Crippen molar-refractivity contribution in [2.75, 3.05) is 23.3 Å². The van der Waals surface area contributed by atoms with E-state index in [1.807, 2.05) is 37.3 Å². The molecule has 1 heterocycles. The average Bonchev–Trinajstić information content (AvgIpc) is 2.57. The molecular formula is C20H23IN2O2. The molecule has 0 bridgehead atoms. The van der Waals surface area contributed by atoms with E-state index in [2.05, 4.69) is 58.8 Å². The summed E-state index contributed by atoms with van der Waals surface area (Å²) < 4.78 is 6.78. The number of halogens is 1. The molecule has 4 nitrogen and oxygen atoms in total. The van der Waals surface area contributed by atoms with E-state index in [9.17, 15) is 4.79 Å². The molecule has 1 aliphatic heterocycles. The van der Waals surface area contributed by atoms with Gasteiger partial charge < -0.3 is 15.0 Å². The number of benzene rings is 2. The number of aryl methyl sites for hydroxylation is 1. The number of ether oxygens (including phenoxy) is 1. The third-order valence-electron chi connectivity index (χ3n) is 4.35. The molecule has 25 heavy (non-hydrogen) atoms. The van der Waals surface area contributed by atoms with Gasteiger partial charge in [-0.05, 0) is 79.3 Å². The largest absolute Gasteiger partial charge is 0.372 e. The Kier molecular flexibility index (Phi) is 5.64. The highest BCUT2D eigenvalue weighted by Crippen LogP contribution is 2.23. The zero-order valence-electron chi connectivity index (χ0n) is 14.8. The first-order valence-corrected chi connectivity index (χ1v) is 9.59. The van der Waals surface area contributed by atoms with Gasteiger partial charge in [0.05, 0.1) is 17.8 Å². The van der Waals surface area contributed by atoms with Gasteiger partial charge in [0.2, 0.25) is 0 Å². The molecule has 0 aliphatic carbocycles. The summed E-state index contributed by atoms with van der Waals surface area (Å²) in [6.45, 7) is 7.98. The number of nitrogens with one attached hydrogen (secondary N) is 1. The van der Waals surface area contributed by atoms with Gasteiger partial charge in [0.1, 0.15) is 0 Å². The molecule has 1 saturated heterocycles. The van der Waals surface area contributed by atoms with E-state index in [4.69, 9.17) is 4.74 Å². The Labute approximate surface area is 162 Å². The standard InChI is InChI=1S/C20H23IN2O2/c1-13-5-4-6-18(19(13)21)20(24)22-16-7-9-17(10-8-16)23-11-14(2)25-15(3)12-23/h4-10,14-15H,11-12H2,1-3H3,(H,22,24). The maximum Gasteiger partial charge on any atom is 0.256 e. The van der Waals surface area contributed by atoms with E-state index in [0.29, 0.717) is 5.56 Å². The van der Waals surface area contributed by atoms with Gasteiger partial charge in [-0.1, -0.05) is 12.1 Å². The predicted octanol–water partition coefficient (Wildman–Crippen LogP) is 4.47. The second-order valence-corrected chi connectivity index (χ2v) is 7.68. The summed E-state index contributed by atoms with van der Waals surface area (Å²) in [5.74, 6) is -0.0746. The first-order chi connectivity index (χ1) is 11.9. The van der Waals surface area contributed by atoms with Crippen LogP contribution in [0.3, 0.4) is 0 Å². The van der Waals surface area contributed by atoms with Crippen molar-refractivity contribution >= 4 is 39.9 Å². The van der Waals surface area contributed by atoms with Crippen molar-refractivity contribution in [2.24, 2.45) is 0 Å². The number of rotatable bonds is 3. The highest BCUT2D eigenvalue weighted by molar-refractivity contribution is 14.1. The van der Waals surface area contributed by atoms with Crippen molar-refractivity contribution in [1.82, 2.24) is 0 Å². The number of hydrogen-bond acceptors (Lipinski definition) is 3. The van der Waals surface area contributed by atoms with Gasteiger partial charge in [-0.15, -0.1) is 0 Å². The Balaban J connectivity index is 1.70. The van der Waals surface area contributed by atoms with E-state index in [1.165, 1.54) is 0 Å². The fourth-order valence-electron chi connectivity index (χ4n) is 3.17. The van der Waals surface area contributed by atoms with Gasteiger partial charge in [0, 0.05) is 28.0 Å². The molecular weight excluding hydrogens is 427 g/mol. The van der Waals surface area contributed by atoms with Gasteiger partial charge in [0.25, 0.3) is 5.91 Å². The molecule has 0 aromatic heterocycles.